The molecule has 1 N–H and O–H groups in total. The first kappa shape index (κ1) is 25.1. The van der Waals surface area contributed by atoms with Crippen LogP contribution in [0.4, 0.5) is 0 Å². The summed E-state index contributed by atoms with van der Waals surface area (Å²) < 4.78 is 37.7. The van der Waals surface area contributed by atoms with Gasteiger partial charge in [0.25, 0.3) is 0 Å². The van der Waals surface area contributed by atoms with Crippen molar-refractivity contribution in [1.82, 2.24) is 4.90 Å². The largest absolute Gasteiger partial charge is 0.494 e. The number of aliphatic carboxylic acids is 1. The van der Waals surface area contributed by atoms with E-state index in [2.05, 4.69) is 6.92 Å². The zero-order chi connectivity index (χ0) is 23.7. The molecule has 7 nitrogen and oxygen atoms in total. The molecule has 2 atom stereocenters. The molecule has 0 aromatic heterocycles. The van der Waals surface area contributed by atoms with E-state index in [4.69, 9.17) is 9.47 Å². The van der Waals surface area contributed by atoms with Gasteiger partial charge in [-0.05, 0) is 62.1 Å². The molecule has 3 rings (SSSR count). The highest BCUT2D eigenvalue weighted by Crippen LogP contribution is 2.29. The van der Waals surface area contributed by atoms with Crippen molar-refractivity contribution < 1.29 is 27.8 Å². The molecule has 1 heterocycles. The Kier molecular flexibility index (Phi) is 9.14. The SMILES string of the molecule is CCCCOc1ccc(S(=O)(=O)C2CCN(CCCOc3ccccc3)C(C(=O)O)C2)cc1. The Hall–Kier alpha value is -2.58. The van der Waals surface area contributed by atoms with E-state index in [0.717, 1.165) is 18.6 Å². The Bertz CT molecular complexity index is 978. The molecular formula is C25H33NO6S. The van der Waals surface area contributed by atoms with Crippen LogP contribution in [-0.2, 0) is 14.6 Å². The molecule has 0 amide bonds. The quantitative estimate of drug-likeness (QED) is 0.463. The summed E-state index contributed by atoms with van der Waals surface area (Å²) in [5, 5.41) is 9.03. The van der Waals surface area contributed by atoms with Gasteiger partial charge in [0, 0.05) is 13.1 Å². The number of hydrogen-bond acceptors (Lipinski definition) is 6. The van der Waals surface area contributed by atoms with E-state index in [9.17, 15) is 18.3 Å². The minimum absolute atomic E-state index is 0.0754. The molecule has 0 radical (unpaired) electrons. The molecular weight excluding hydrogens is 442 g/mol. The van der Waals surface area contributed by atoms with E-state index in [1.807, 2.05) is 35.2 Å². The third kappa shape index (κ3) is 6.95. The first-order chi connectivity index (χ1) is 15.9. The Morgan fingerprint density at radius 3 is 2.27 bits per heavy atom. The van der Waals surface area contributed by atoms with Gasteiger partial charge in [0.2, 0.25) is 0 Å². The highest BCUT2D eigenvalue weighted by atomic mass is 32.2. The normalized spacial score (nSPS) is 19.2. The lowest BCUT2D eigenvalue weighted by Crippen LogP contribution is -2.50. The fraction of sp³-hybridized carbons (Fsp3) is 0.480. The second-order valence-electron chi connectivity index (χ2n) is 8.27. The number of piperidine rings is 1. The Morgan fingerprint density at radius 1 is 1.00 bits per heavy atom. The van der Waals surface area contributed by atoms with Crippen LogP contribution in [0, 0.1) is 0 Å². The summed E-state index contributed by atoms with van der Waals surface area (Å²) in [6.07, 6.45) is 3.10. The zero-order valence-corrected chi connectivity index (χ0v) is 19.9. The number of hydrogen-bond donors (Lipinski definition) is 1. The molecule has 2 aromatic rings. The molecule has 0 aliphatic carbocycles. The van der Waals surface area contributed by atoms with Gasteiger partial charge in [-0.3, -0.25) is 9.69 Å². The maximum absolute atomic E-state index is 13.2. The van der Waals surface area contributed by atoms with Crippen molar-refractivity contribution in [2.75, 3.05) is 26.3 Å². The van der Waals surface area contributed by atoms with Crippen molar-refractivity contribution in [1.29, 1.82) is 0 Å². The standard InChI is InChI=1S/C25H33NO6S/c1-2-3-17-31-21-10-12-22(13-11-21)33(29,30)23-14-16-26(24(19-23)25(27)28)15-7-18-32-20-8-5-4-6-9-20/h4-6,8-13,23-24H,2-3,7,14-19H2,1H3,(H,27,28). The van der Waals surface area contributed by atoms with Crippen LogP contribution in [0.2, 0.25) is 0 Å². The van der Waals surface area contributed by atoms with Gasteiger partial charge < -0.3 is 14.6 Å². The number of rotatable bonds is 12. The smallest absolute Gasteiger partial charge is 0.320 e. The number of benzene rings is 2. The van der Waals surface area contributed by atoms with Crippen LogP contribution in [0.15, 0.2) is 59.5 Å². The predicted molar refractivity (Wildman–Crippen MR) is 127 cm³/mol. The summed E-state index contributed by atoms with van der Waals surface area (Å²) in [4.78, 5) is 14.0. The number of carbonyl (C=O) groups is 1. The number of likely N-dealkylation sites (tertiary alicyclic amines) is 1. The summed E-state index contributed by atoms with van der Waals surface area (Å²) >= 11 is 0. The molecule has 2 unspecified atom stereocenters. The molecule has 1 saturated heterocycles. The van der Waals surface area contributed by atoms with Crippen LogP contribution in [0.1, 0.15) is 39.0 Å². The first-order valence-electron chi connectivity index (χ1n) is 11.5. The Morgan fingerprint density at radius 2 is 1.64 bits per heavy atom. The second-order valence-corrected chi connectivity index (χ2v) is 10.5. The van der Waals surface area contributed by atoms with Crippen molar-refractivity contribution in [2.45, 2.75) is 55.2 Å². The molecule has 1 fully saturated rings. The number of ether oxygens (including phenoxy) is 2. The molecule has 33 heavy (non-hydrogen) atoms. The van der Waals surface area contributed by atoms with E-state index in [0.29, 0.717) is 44.9 Å². The van der Waals surface area contributed by atoms with E-state index in [-0.39, 0.29) is 11.3 Å². The van der Waals surface area contributed by atoms with E-state index < -0.39 is 27.1 Å². The van der Waals surface area contributed by atoms with E-state index >= 15 is 0 Å². The van der Waals surface area contributed by atoms with Crippen LogP contribution in [0.5, 0.6) is 11.5 Å². The van der Waals surface area contributed by atoms with Gasteiger partial charge in [0.05, 0.1) is 23.4 Å². The van der Waals surface area contributed by atoms with Gasteiger partial charge in [-0.15, -0.1) is 0 Å². The Balaban J connectivity index is 1.56. The van der Waals surface area contributed by atoms with Crippen molar-refractivity contribution in [2.24, 2.45) is 0 Å². The fourth-order valence-electron chi connectivity index (χ4n) is 4.01. The summed E-state index contributed by atoms with van der Waals surface area (Å²) in [6, 6.07) is 15.1. The van der Waals surface area contributed by atoms with Crippen LogP contribution in [-0.4, -0.2) is 62.0 Å². The highest BCUT2D eigenvalue weighted by Gasteiger charge is 2.39. The zero-order valence-electron chi connectivity index (χ0n) is 19.1. The van der Waals surface area contributed by atoms with Crippen molar-refractivity contribution in [3.8, 4) is 11.5 Å². The van der Waals surface area contributed by atoms with Gasteiger partial charge in [0.15, 0.2) is 9.84 Å². The average molecular weight is 476 g/mol. The van der Waals surface area contributed by atoms with Crippen molar-refractivity contribution in [3.05, 3.63) is 54.6 Å². The van der Waals surface area contributed by atoms with Gasteiger partial charge in [0.1, 0.15) is 17.5 Å². The number of sulfone groups is 1. The maximum Gasteiger partial charge on any atom is 0.320 e. The maximum atomic E-state index is 13.2. The minimum atomic E-state index is -3.63. The molecule has 0 bridgehead atoms. The molecule has 1 aliphatic heterocycles. The molecule has 0 saturated carbocycles. The summed E-state index contributed by atoms with van der Waals surface area (Å²) in [5.41, 5.74) is 0. The topological polar surface area (TPSA) is 93.1 Å². The molecule has 1 aliphatic rings. The molecule has 8 heteroatoms. The minimum Gasteiger partial charge on any atom is -0.494 e. The Labute approximate surface area is 196 Å². The van der Waals surface area contributed by atoms with Gasteiger partial charge in [-0.25, -0.2) is 8.42 Å². The first-order valence-corrected chi connectivity index (χ1v) is 13.1. The van der Waals surface area contributed by atoms with Crippen LogP contribution in [0.3, 0.4) is 0 Å². The average Bonchev–Trinajstić information content (AvgIpc) is 2.83. The van der Waals surface area contributed by atoms with Crippen LogP contribution >= 0.6 is 0 Å². The number of para-hydroxylation sites is 1. The molecule has 0 spiro atoms. The third-order valence-corrected chi connectivity index (χ3v) is 8.14. The third-order valence-electron chi connectivity index (χ3n) is 5.91. The monoisotopic (exact) mass is 475 g/mol. The highest BCUT2D eigenvalue weighted by molar-refractivity contribution is 7.92. The lowest BCUT2D eigenvalue weighted by atomic mass is 10.0. The second kappa shape index (κ2) is 12.0. The number of unbranched alkanes of at least 4 members (excludes halogenated alkanes) is 1. The number of carboxylic acid groups (broad SMARTS) is 1. The fourth-order valence-corrected chi connectivity index (χ4v) is 5.77. The van der Waals surface area contributed by atoms with Crippen molar-refractivity contribution in [3.63, 3.8) is 0 Å². The number of carboxylic acids is 1. The van der Waals surface area contributed by atoms with Crippen LogP contribution in [0.25, 0.3) is 0 Å². The van der Waals surface area contributed by atoms with Gasteiger partial charge in [-0.2, -0.15) is 0 Å². The van der Waals surface area contributed by atoms with Gasteiger partial charge in [-0.1, -0.05) is 31.5 Å². The van der Waals surface area contributed by atoms with Gasteiger partial charge >= 0.3 is 5.97 Å². The number of nitrogens with zero attached hydrogens (tertiary/aromatic N) is 1. The van der Waals surface area contributed by atoms with E-state index in [1.165, 1.54) is 0 Å². The van der Waals surface area contributed by atoms with Crippen LogP contribution < -0.4 is 9.47 Å². The predicted octanol–water partition coefficient (Wildman–Crippen LogP) is 4.03. The molecule has 2 aromatic carbocycles. The molecule has 180 valence electrons. The lowest BCUT2D eigenvalue weighted by molar-refractivity contribution is -0.144. The van der Waals surface area contributed by atoms with E-state index in [1.54, 1.807) is 24.3 Å². The summed E-state index contributed by atoms with van der Waals surface area (Å²) in [5.74, 6) is 0.427. The van der Waals surface area contributed by atoms with Crippen molar-refractivity contribution >= 4 is 15.8 Å². The summed E-state index contributed by atoms with van der Waals surface area (Å²) in [6.45, 7) is 4.11. The summed E-state index contributed by atoms with van der Waals surface area (Å²) in [7, 11) is -3.63. The lowest BCUT2D eigenvalue weighted by Gasteiger charge is -2.36.